The molecule has 0 spiro atoms. The Morgan fingerprint density at radius 2 is 1.82 bits per heavy atom. The Balaban J connectivity index is 1.78. The van der Waals surface area contributed by atoms with Crippen molar-refractivity contribution < 1.29 is 31.1 Å². The molecule has 2 aliphatic rings. The third-order valence-electron chi connectivity index (χ3n) is 6.04. The number of carbonyl (C=O) groups is 1. The lowest BCUT2D eigenvalue weighted by Crippen LogP contribution is -2.52. The van der Waals surface area contributed by atoms with Gasteiger partial charge in [-0.1, -0.05) is 36.4 Å². The monoisotopic (exact) mass is 483 g/mol. The van der Waals surface area contributed by atoms with E-state index in [0.29, 0.717) is 16.9 Å². The average molecular weight is 484 g/mol. The van der Waals surface area contributed by atoms with Gasteiger partial charge in [-0.05, 0) is 24.5 Å². The van der Waals surface area contributed by atoms with Gasteiger partial charge in [0.1, 0.15) is 18.2 Å². The van der Waals surface area contributed by atoms with E-state index in [4.69, 9.17) is 4.74 Å². The van der Waals surface area contributed by atoms with Gasteiger partial charge in [-0.25, -0.2) is 22.3 Å². The SMILES string of the molecule is CN1CCOc2ccccc2-c2cccc(c2F)CC2C(NS(=O)(=O)C(F)F)CCN2C1=O. The fourth-order valence-corrected chi connectivity index (χ4v) is 5.14. The van der Waals surface area contributed by atoms with Crippen LogP contribution in [0.15, 0.2) is 42.5 Å². The second kappa shape index (κ2) is 9.22. The number of rotatable bonds is 3. The van der Waals surface area contributed by atoms with Crippen molar-refractivity contribution >= 4 is 16.1 Å². The summed E-state index contributed by atoms with van der Waals surface area (Å²) in [6, 6.07) is 9.57. The minimum atomic E-state index is -4.89. The number of sulfonamides is 1. The Morgan fingerprint density at radius 3 is 2.58 bits per heavy atom. The van der Waals surface area contributed by atoms with Crippen molar-refractivity contribution in [2.75, 3.05) is 26.7 Å². The van der Waals surface area contributed by atoms with Crippen LogP contribution < -0.4 is 9.46 Å². The maximum atomic E-state index is 15.6. The van der Waals surface area contributed by atoms with Gasteiger partial charge in [0.15, 0.2) is 0 Å². The summed E-state index contributed by atoms with van der Waals surface area (Å²) in [5.74, 6) is -3.67. The molecule has 2 aromatic carbocycles. The first-order valence-electron chi connectivity index (χ1n) is 10.5. The van der Waals surface area contributed by atoms with Crippen molar-refractivity contribution in [3.63, 3.8) is 0 Å². The predicted molar refractivity (Wildman–Crippen MR) is 116 cm³/mol. The summed E-state index contributed by atoms with van der Waals surface area (Å²) in [4.78, 5) is 15.9. The molecule has 2 unspecified atom stereocenters. The first-order valence-corrected chi connectivity index (χ1v) is 12.0. The molecule has 7 nitrogen and oxygen atoms in total. The normalized spacial score (nSPS) is 21.5. The fourth-order valence-electron chi connectivity index (χ4n) is 4.34. The number of likely N-dealkylation sites (N-methyl/N-ethyl adjacent to an activating group) is 1. The quantitative estimate of drug-likeness (QED) is 0.728. The van der Waals surface area contributed by atoms with Gasteiger partial charge in [0.2, 0.25) is 0 Å². The summed E-state index contributed by atoms with van der Waals surface area (Å²) in [6.45, 7) is 0.525. The van der Waals surface area contributed by atoms with Crippen LogP contribution in [0.1, 0.15) is 12.0 Å². The number of hydrogen-bond acceptors (Lipinski definition) is 4. The minimum absolute atomic E-state index is 0.0430. The van der Waals surface area contributed by atoms with Crippen molar-refractivity contribution in [2.24, 2.45) is 0 Å². The Kier molecular flexibility index (Phi) is 6.53. The third kappa shape index (κ3) is 4.65. The van der Waals surface area contributed by atoms with Crippen LogP contribution in [0.3, 0.4) is 0 Å². The standard InChI is InChI=1S/C22H24F3N3O4S/c1-27-11-12-32-19-8-3-2-6-15(19)16-7-4-5-14(20(16)23)13-18-17(9-10-28(18)22(27)29)26-33(30,31)21(24)25/h2-8,17-18,21,26H,9-13H2,1H3. The first-order chi connectivity index (χ1) is 15.7. The largest absolute Gasteiger partial charge is 0.491 e. The van der Waals surface area contributed by atoms with Crippen LogP contribution in [-0.4, -0.2) is 68.8 Å². The minimum Gasteiger partial charge on any atom is -0.491 e. The Morgan fingerprint density at radius 1 is 1.09 bits per heavy atom. The summed E-state index contributed by atoms with van der Waals surface area (Å²) in [6.07, 6.45) is 0.0928. The van der Waals surface area contributed by atoms with Crippen molar-refractivity contribution in [3.05, 3.63) is 53.8 Å². The number of fused-ring (bicyclic) bond motifs is 5. The number of alkyl halides is 2. The number of ether oxygens (including phenoxy) is 1. The number of halogens is 3. The highest BCUT2D eigenvalue weighted by molar-refractivity contribution is 7.89. The second-order valence-electron chi connectivity index (χ2n) is 8.11. The third-order valence-corrected chi connectivity index (χ3v) is 7.14. The Bertz CT molecular complexity index is 1150. The van der Waals surface area contributed by atoms with E-state index in [1.807, 2.05) is 4.72 Å². The molecular weight excluding hydrogens is 459 g/mol. The van der Waals surface area contributed by atoms with Crippen molar-refractivity contribution in [2.45, 2.75) is 30.7 Å². The topological polar surface area (TPSA) is 79.0 Å². The van der Waals surface area contributed by atoms with Crippen molar-refractivity contribution in [1.82, 2.24) is 14.5 Å². The molecule has 0 radical (unpaired) electrons. The zero-order valence-electron chi connectivity index (χ0n) is 17.9. The van der Waals surface area contributed by atoms with Gasteiger partial charge >= 0.3 is 11.8 Å². The molecule has 2 atom stereocenters. The van der Waals surface area contributed by atoms with Gasteiger partial charge in [-0.15, -0.1) is 0 Å². The number of para-hydroxylation sites is 1. The van der Waals surface area contributed by atoms with Gasteiger partial charge in [-0.2, -0.15) is 8.78 Å². The summed E-state index contributed by atoms with van der Waals surface area (Å²) in [5, 5.41) is 0. The van der Waals surface area contributed by atoms with E-state index in [0.717, 1.165) is 0 Å². The molecule has 2 amide bonds. The molecule has 0 saturated carbocycles. The maximum absolute atomic E-state index is 15.6. The van der Waals surface area contributed by atoms with Gasteiger partial charge in [-0.3, -0.25) is 0 Å². The number of benzene rings is 2. The van der Waals surface area contributed by atoms with Crippen molar-refractivity contribution in [1.29, 1.82) is 0 Å². The highest BCUT2D eigenvalue weighted by Crippen LogP contribution is 2.34. The molecule has 2 aromatic rings. The molecular formula is C22H24F3N3O4S. The van der Waals surface area contributed by atoms with Gasteiger partial charge in [0, 0.05) is 30.8 Å². The highest BCUT2D eigenvalue weighted by Gasteiger charge is 2.42. The van der Waals surface area contributed by atoms with E-state index in [1.54, 1.807) is 49.5 Å². The fraction of sp³-hybridized carbons (Fsp3) is 0.409. The lowest BCUT2D eigenvalue weighted by atomic mass is 9.95. The van der Waals surface area contributed by atoms with E-state index in [9.17, 15) is 22.0 Å². The van der Waals surface area contributed by atoms with Crippen LogP contribution in [0.25, 0.3) is 11.1 Å². The van der Waals surface area contributed by atoms with Gasteiger partial charge in [0.05, 0.1) is 12.6 Å². The summed E-state index contributed by atoms with van der Waals surface area (Å²) < 4.78 is 73.2. The van der Waals surface area contributed by atoms with E-state index in [-0.39, 0.29) is 38.1 Å². The molecule has 1 fully saturated rings. The van der Waals surface area contributed by atoms with Crippen LogP contribution in [0.2, 0.25) is 0 Å². The summed E-state index contributed by atoms with van der Waals surface area (Å²) in [7, 11) is -3.31. The van der Waals surface area contributed by atoms with E-state index in [1.165, 1.54) is 9.80 Å². The van der Waals surface area contributed by atoms with Crippen LogP contribution in [0, 0.1) is 5.82 Å². The van der Waals surface area contributed by atoms with Gasteiger partial charge in [0.25, 0.3) is 10.0 Å². The smallest absolute Gasteiger partial charge is 0.350 e. The number of nitrogens with one attached hydrogen (secondary N) is 1. The average Bonchev–Trinajstić information content (AvgIpc) is 3.15. The Hall–Kier alpha value is -2.79. The molecule has 178 valence electrons. The highest BCUT2D eigenvalue weighted by atomic mass is 32.2. The maximum Gasteiger partial charge on any atom is 0.350 e. The Labute approximate surface area is 190 Å². The van der Waals surface area contributed by atoms with E-state index >= 15 is 4.39 Å². The molecule has 2 heterocycles. The molecule has 4 rings (SSSR count). The zero-order valence-corrected chi connectivity index (χ0v) is 18.7. The van der Waals surface area contributed by atoms with E-state index in [2.05, 4.69) is 0 Å². The number of hydrogen-bond donors (Lipinski definition) is 1. The van der Waals surface area contributed by atoms with Crippen LogP contribution >= 0.6 is 0 Å². The number of amides is 2. The molecule has 1 N–H and O–H groups in total. The summed E-state index contributed by atoms with van der Waals surface area (Å²) in [5.41, 5.74) is 1.09. The molecule has 33 heavy (non-hydrogen) atoms. The number of urea groups is 1. The number of nitrogens with zero attached hydrogens (tertiary/aromatic N) is 2. The van der Waals surface area contributed by atoms with Crippen LogP contribution in [-0.2, 0) is 16.4 Å². The molecule has 2 bridgehead atoms. The summed E-state index contributed by atoms with van der Waals surface area (Å²) >= 11 is 0. The molecule has 2 aliphatic heterocycles. The lowest BCUT2D eigenvalue weighted by molar-refractivity contribution is 0.147. The molecule has 1 saturated heterocycles. The first kappa shape index (κ1) is 23.4. The van der Waals surface area contributed by atoms with Gasteiger partial charge < -0.3 is 14.5 Å². The second-order valence-corrected chi connectivity index (χ2v) is 9.79. The molecule has 0 aromatic heterocycles. The van der Waals surface area contributed by atoms with Crippen LogP contribution in [0.5, 0.6) is 5.75 Å². The predicted octanol–water partition coefficient (Wildman–Crippen LogP) is 3.06. The van der Waals surface area contributed by atoms with Crippen LogP contribution in [0.4, 0.5) is 18.0 Å². The van der Waals surface area contributed by atoms with E-state index < -0.39 is 39.7 Å². The molecule has 11 heteroatoms. The lowest BCUT2D eigenvalue weighted by Gasteiger charge is -2.32. The van der Waals surface area contributed by atoms with Crippen molar-refractivity contribution in [3.8, 4) is 16.9 Å². The molecule has 0 aliphatic carbocycles. The number of carbonyl (C=O) groups excluding carboxylic acids is 1. The zero-order chi connectivity index (χ0) is 23.8.